The molecule has 111 heavy (non-hydrogen) atoms. The van der Waals surface area contributed by atoms with E-state index < -0.39 is 0 Å². The third-order valence-electron chi connectivity index (χ3n) is 11.1. The number of thiazole rings is 1. The number of ether oxygens (including phenoxy) is 2. The minimum Gasteiger partial charge on any atom is -0.477 e. The highest BCUT2D eigenvalue weighted by molar-refractivity contribution is 7.16. The van der Waals surface area contributed by atoms with E-state index in [0.717, 1.165) is 91.4 Å². The van der Waals surface area contributed by atoms with Crippen molar-refractivity contribution >= 4 is 71.4 Å². The highest BCUT2D eigenvalue weighted by atomic mass is 32.1. The van der Waals surface area contributed by atoms with Crippen molar-refractivity contribution in [2.45, 2.75) is 246 Å². The Balaban J connectivity index is 0.000000599. The Morgan fingerprint density at radius 1 is 0.396 bits per heavy atom. The average Bonchev–Trinajstić information content (AvgIpc) is 1.80. The van der Waals surface area contributed by atoms with Crippen LogP contribution < -0.4 is 9.47 Å². The molecule has 0 saturated heterocycles. The van der Waals surface area contributed by atoms with E-state index in [1.165, 1.54) is 77.8 Å². The number of hydrogen-bond acceptors (Lipinski definition) is 18. The molecule has 0 amide bonds. The number of thiophene rings is 1. The second kappa shape index (κ2) is 53.8. The molecule has 606 valence electrons. The van der Waals surface area contributed by atoms with Crippen LogP contribution in [0.15, 0.2) is 198 Å². The average molecular weight is 1550 g/mol. The van der Waals surface area contributed by atoms with Gasteiger partial charge in [-0.2, -0.15) is 0 Å². The van der Waals surface area contributed by atoms with Crippen molar-refractivity contribution in [2.75, 3.05) is 6.61 Å². The number of fused-ring (bicyclic) bond motifs is 8. The van der Waals surface area contributed by atoms with Gasteiger partial charge in [-0.3, -0.25) is 15.0 Å². The molecule has 12 aromatic heterocycles. The highest BCUT2D eigenvalue weighted by Gasteiger charge is 2.13. The number of aromatic nitrogens is 12. The van der Waals surface area contributed by atoms with Crippen LogP contribution in [0.3, 0.4) is 0 Å². The summed E-state index contributed by atoms with van der Waals surface area (Å²) in [5, 5.41) is 5.25. The van der Waals surface area contributed by atoms with E-state index in [4.69, 9.17) is 18.3 Å². The van der Waals surface area contributed by atoms with Crippen molar-refractivity contribution in [3.05, 3.63) is 223 Å². The fourth-order valence-corrected chi connectivity index (χ4v) is 8.85. The van der Waals surface area contributed by atoms with Crippen LogP contribution in [0.1, 0.15) is 247 Å². The smallest absolute Gasteiger partial charge is 0.225 e. The first-order valence-electron chi connectivity index (χ1n) is 38.8. The second-order valence-corrected chi connectivity index (χ2v) is 38.0. The first kappa shape index (κ1) is 100. The Bertz CT molecular complexity index is 3690. The molecule has 16 nitrogen and oxygen atoms in total. The molecule has 0 N–H and O–H groups in total. The van der Waals surface area contributed by atoms with E-state index in [-0.39, 0.29) is 0 Å². The molecular formula is C93H138N12O4S2. The van der Waals surface area contributed by atoms with Crippen molar-refractivity contribution < 1.29 is 18.3 Å². The summed E-state index contributed by atoms with van der Waals surface area (Å²) in [5.74, 6) is 4.75. The van der Waals surface area contributed by atoms with Gasteiger partial charge >= 0.3 is 0 Å². The lowest BCUT2D eigenvalue weighted by Gasteiger charge is -2.11. The van der Waals surface area contributed by atoms with Crippen LogP contribution >= 0.6 is 22.7 Å². The maximum Gasteiger partial charge on any atom is 0.225 e. The van der Waals surface area contributed by atoms with Crippen molar-refractivity contribution in [2.24, 2.45) is 44.8 Å². The largest absolute Gasteiger partial charge is 0.477 e. The van der Waals surface area contributed by atoms with Crippen LogP contribution in [-0.2, 0) is 32.1 Å². The van der Waals surface area contributed by atoms with E-state index in [1.54, 1.807) is 85.3 Å². The monoisotopic (exact) mass is 1550 g/mol. The lowest BCUT2D eigenvalue weighted by atomic mass is 10.0. The van der Waals surface area contributed by atoms with E-state index in [1.807, 2.05) is 90.7 Å². The minimum absolute atomic E-state index is 0.500. The van der Waals surface area contributed by atoms with E-state index in [0.29, 0.717) is 38.5 Å². The molecule has 0 unspecified atom stereocenters. The molecule has 0 bridgehead atoms. The van der Waals surface area contributed by atoms with Crippen LogP contribution in [0.25, 0.3) is 48.7 Å². The summed E-state index contributed by atoms with van der Waals surface area (Å²) in [5.41, 5.74) is 14.2. The molecule has 4 aliphatic rings. The fourth-order valence-electron chi connectivity index (χ4n) is 7.54. The third-order valence-corrected chi connectivity index (χ3v) is 12.7. The number of nitrogens with zero attached hydrogens (tertiary/aromatic N) is 12. The molecule has 2 aliphatic carbocycles. The van der Waals surface area contributed by atoms with E-state index in [9.17, 15) is 0 Å². The maximum atomic E-state index is 5.29. The number of furan rings is 2. The number of allylic oxidation sites excluding steroid dienone is 1. The molecule has 0 saturated carbocycles. The zero-order valence-corrected chi connectivity index (χ0v) is 74.9. The first-order chi connectivity index (χ1) is 51.8. The third kappa shape index (κ3) is 58.6. The maximum absolute atomic E-state index is 5.29. The van der Waals surface area contributed by atoms with Gasteiger partial charge < -0.3 is 18.3 Å². The fraction of sp³-hybridized carbons (Fsp3) is 0.484. The molecule has 2 aliphatic heterocycles. The summed E-state index contributed by atoms with van der Waals surface area (Å²) in [7, 11) is 0. The van der Waals surface area contributed by atoms with Crippen molar-refractivity contribution in [1.29, 1.82) is 0 Å². The first-order valence-corrected chi connectivity index (χ1v) is 40.5. The standard InChI is InChI=1S/C9H7NO.C8H9N.C7H8N2.C7H5NO.C7H7NO.C7H5NO.C6H4N2S.C5H3N3S.5C5H12.3C4H10/c1-7-4-5-8-9(11-7)3-2-6-10-8;1-3-7-4-2-6-9-8(7)5-1;1-2-6-4-8-5-9-7(6)3-1;1-3-8-5-6-2-4-9-7(1)6;2*1-2-6-3-5-9-7(6)8-4-1;1-2-9-6-5(1)3-7-4-8-6;1-4-5(7-2-6-1)9-3-8-4;5*1-5(2,3)4;3*1-4(2)3/h2-6H,1H2;2,4,6H,1,3,5H2;4-5H,1-3H2;1-5H;1-2,4H,3,5H2;1-5H;1-4H;1-3H;5*1-4H3;3*4H,1-3H3. The highest BCUT2D eigenvalue weighted by Crippen LogP contribution is 2.25. The van der Waals surface area contributed by atoms with E-state index in [2.05, 4.69) is 279 Å². The van der Waals surface area contributed by atoms with Gasteiger partial charge in [0.1, 0.15) is 51.2 Å². The van der Waals surface area contributed by atoms with Gasteiger partial charge in [-0.05, 0) is 173 Å². The molecule has 12 aromatic rings. The van der Waals surface area contributed by atoms with Crippen LogP contribution in [0, 0.1) is 44.8 Å². The second-order valence-electron chi connectivity index (χ2n) is 36.3. The molecule has 0 atom stereocenters. The van der Waals surface area contributed by atoms with E-state index >= 15 is 0 Å². The van der Waals surface area contributed by atoms with Gasteiger partial charge in [-0.15, -0.1) is 22.7 Å². The summed E-state index contributed by atoms with van der Waals surface area (Å²) < 4.78 is 20.6. The molecule has 0 spiro atoms. The summed E-state index contributed by atoms with van der Waals surface area (Å²) in [6, 6.07) is 23.4. The van der Waals surface area contributed by atoms with Crippen molar-refractivity contribution in [3.8, 4) is 11.6 Å². The molecule has 0 aromatic carbocycles. The molecule has 14 heterocycles. The summed E-state index contributed by atoms with van der Waals surface area (Å²) in [6.07, 6.45) is 36.1. The molecule has 0 radical (unpaired) electrons. The lowest BCUT2D eigenvalue weighted by molar-refractivity contribution is 0.345. The Hall–Kier alpha value is -9.00. The predicted molar refractivity (Wildman–Crippen MR) is 475 cm³/mol. The Labute approximate surface area is 677 Å². The predicted octanol–water partition coefficient (Wildman–Crippen LogP) is 27.2. The van der Waals surface area contributed by atoms with Gasteiger partial charge in [-0.1, -0.05) is 220 Å². The molecule has 18 heteroatoms. The lowest BCUT2D eigenvalue weighted by Crippen LogP contribution is -1.98. The van der Waals surface area contributed by atoms with Gasteiger partial charge in [0.15, 0.2) is 5.75 Å². The van der Waals surface area contributed by atoms with Gasteiger partial charge in [-0.25, -0.2) is 44.9 Å². The Kier molecular flexibility index (Phi) is 48.5. The Morgan fingerprint density at radius 2 is 0.883 bits per heavy atom. The molecule has 0 fully saturated rings. The Morgan fingerprint density at radius 3 is 1.44 bits per heavy atom. The molecular weight excluding hydrogens is 1410 g/mol. The van der Waals surface area contributed by atoms with Crippen LogP contribution in [0.2, 0.25) is 0 Å². The zero-order chi connectivity index (χ0) is 83.6. The van der Waals surface area contributed by atoms with Gasteiger partial charge in [0, 0.05) is 89.1 Å². The van der Waals surface area contributed by atoms with Crippen molar-refractivity contribution in [3.63, 3.8) is 0 Å². The number of pyridine rings is 5. The van der Waals surface area contributed by atoms with Gasteiger partial charge in [0.25, 0.3) is 0 Å². The summed E-state index contributed by atoms with van der Waals surface area (Å²) in [4.78, 5) is 50.1. The summed E-state index contributed by atoms with van der Waals surface area (Å²) >= 11 is 3.16. The van der Waals surface area contributed by atoms with Gasteiger partial charge in [0.05, 0.1) is 30.8 Å². The quantitative estimate of drug-likeness (QED) is 0.139. The number of hydrogen-bond donors (Lipinski definition) is 0. The SMILES string of the molecule is C=C1C=Cc2ncccc2O1.CC(C)(C)C.CC(C)(C)C.CC(C)(C)C.CC(C)(C)C.CC(C)(C)C.CC(C)C.CC(C)C.CC(C)C.c1cc2occc2cn1.c1cnc2c(c1)CCC2.c1cnc2c(c1)CCO2.c1cnc2occc2c1.c1ncc2c(n1)CCC2.c1ncc2ccsc2n1.c1ncc2ncsc2n1. The minimum atomic E-state index is 0.500. The van der Waals surface area contributed by atoms with Crippen LogP contribution in [0.5, 0.6) is 11.6 Å². The van der Waals surface area contributed by atoms with Crippen molar-refractivity contribution in [1.82, 2.24) is 59.8 Å². The topological polar surface area (TPSA) is 199 Å². The van der Waals surface area contributed by atoms with Gasteiger partial charge in [0.2, 0.25) is 11.6 Å². The van der Waals surface area contributed by atoms with Crippen LogP contribution in [0.4, 0.5) is 0 Å². The molecule has 16 rings (SSSR count). The number of rotatable bonds is 0. The summed E-state index contributed by atoms with van der Waals surface area (Å²) in [6.45, 7) is 67.7. The zero-order valence-electron chi connectivity index (χ0n) is 73.2. The normalized spacial score (nSPS) is 12.1. The van der Waals surface area contributed by atoms with Crippen LogP contribution in [-0.4, -0.2) is 66.4 Å². The number of aryl methyl sites for hydroxylation is 4.